The summed E-state index contributed by atoms with van der Waals surface area (Å²) < 4.78 is 0. The molecule has 2 amide bonds. The molecule has 0 unspecified atom stereocenters. The molecule has 7 heteroatoms. The van der Waals surface area contributed by atoms with Gasteiger partial charge in [0.25, 0.3) is 5.91 Å². The van der Waals surface area contributed by atoms with Crippen LogP contribution in [0.2, 0.25) is 0 Å². The molecule has 166 valence electrons. The molecule has 32 heavy (non-hydrogen) atoms. The molecule has 0 saturated carbocycles. The number of nitriles is 1. The molecule has 1 heterocycles. The van der Waals surface area contributed by atoms with Gasteiger partial charge in [-0.25, -0.2) is 0 Å². The maximum atomic E-state index is 12.9. The van der Waals surface area contributed by atoms with Gasteiger partial charge in [-0.2, -0.15) is 5.26 Å². The summed E-state index contributed by atoms with van der Waals surface area (Å²) in [6.07, 6.45) is 4.86. The van der Waals surface area contributed by atoms with Crippen LogP contribution in [0.5, 0.6) is 0 Å². The molecule has 0 saturated heterocycles. The second-order valence-electron chi connectivity index (χ2n) is 6.77. The number of hydrogen-bond donors (Lipinski definition) is 3. The maximum Gasteiger partial charge on any atom is 0.257 e. The number of nitrogens with zero attached hydrogens (tertiary/aromatic N) is 2. The van der Waals surface area contributed by atoms with E-state index in [1.54, 1.807) is 24.4 Å². The van der Waals surface area contributed by atoms with Crippen molar-refractivity contribution in [1.82, 2.24) is 0 Å². The van der Waals surface area contributed by atoms with Gasteiger partial charge in [-0.3, -0.25) is 14.6 Å². The molecule has 0 fully saturated rings. The average Bonchev–Trinajstić information content (AvgIpc) is 3.18. The minimum Gasteiger partial charge on any atom is -0.380 e. The molecule has 0 bridgehead atoms. The van der Waals surface area contributed by atoms with Crippen LogP contribution in [0.25, 0.3) is 0 Å². The molecular formula is C25H29N5O2. The number of nitrogens with one attached hydrogen (secondary N) is 3. The lowest BCUT2D eigenvalue weighted by Gasteiger charge is -2.13. The topological polar surface area (TPSA) is 106 Å². The Morgan fingerprint density at radius 3 is 2.78 bits per heavy atom. The molecule has 0 aromatic heterocycles. The van der Waals surface area contributed by atoms with E-state index < -0.39 is 0 Å². The Balaban J connectivity index is 0.00000176. The zero-order valence-corrected chi connectivity index (χ0v) is 18.7. The van der Waals surface area contributed by atoms with E-state index in [0.29, 0.717) is 29.9 Å². The van der Waals surface area contributed by atoms with Gasteiger partial charge in [0.05, 0.1) is 18.1 Å². The van der Waals surface area contributed by atoms with Crippen LogP contribution in [0.3, 0.4) is 0 Å². The quantitative estimate of drug-likeness (QED) is 0.412. The molecule has 3 rings (SSSR count). The summed E-state index contributed by atoms with van der Waals surface area (Å²) in [5.41, 5.74) is 4.45. The van der Waals surface area contributed by atoms with Gasteiger partial charge in [-0.1, -0.05) is 39.0 Å². The number of carbonyl (C=O) groups is 2. The fourth-order valence-corrected chi connectivity index (χ4v) is 3.17. The first kappa shape index (κ1) is 24.4. The largest absolute Gasteiger partial charge is 0.380 e. The van der Waals surface area contributed by atoms with Crippen LogP contribution in [0, 0.1) is 11.3 Å². The molecule has 0 aliphatic carbocycles. The summed E-state index contributed by atoms with van der Waals surface area (Å²) >= 11 is 0. The number of carbonyl (C=O) groups excluding carboxylic acids is 2. The zero-order valence-electron chi connectivity index (χ0n) is 18.7. The van der Waals surface area contributed by atoms with Gasteiger partial charge in [0.15, 0.2) is 0 Å². The monoisotopic (exact) mass is 431 g/mol. The lowest BCUT2D eigenvalue weighted by atomic mass is 10.1. The molecule has 1 aliphatic rings. The van der Waals surface area contributed by atoms with Crippen LogP contribution in [0.15, 0.2) is 59.1 Å². The third kappa shape index (κ3) is 6.81. The second-order valence-corrected chi connectivity index (χ2v) is 6.77. The van der Waals surface area contributed by atoms with E-state index in [1.165, 1.54) is 0 Å². The number of rotatable bonds is 8. The summed E-state index contributed by atoms with van der Waals surface area (Å²) in [7, 11) is 0. The summed E-state index contributed by atoms with van der Waals surface area (Å²) in [4.78, 5) is 28.5. The van der Waals surface area contributed by atoms with Crippen LogP contribution in [0.4, 0.5) is 17.1 Å². The number of allylic oxidation sites excluding steroid dienone is 1. The number of benzene rings is 2. The van der Waals surface area contributed by atoms with Gasteiger partial charge >= 0.3 is 0 Å². The highest BCUT2D eigenvalue weighted by Gasteiger charge is 2.18. The summed E-state index contributed by atoms with van der Waals surface area (Å²) in [5, 5.41) is 17.6. The van der Waals surface area contributed by atoms with E-state index in [4.69, 9.17) is 5.26 Å². The minimum absolute atomic E-state index is 0.0442. The fourth-order valence-electron chi connectivity index (χ4n) is 3.17. The van der Waals surface area contributed by atoms with Gasteiger partial charge in [0.2, 0.25) is 5.91 Å². The standard InChI is InChI=1S/C23H23N5O2.C2H6/c1-2-5-16(14-25-11-10-24)15-26-21-7-4-3-6-19(21)23(30)27-18-8-9-20-17(12-18)13-22(29)28-20;1-2/h3-9,12,14,26H,2,11,13,15H2,1H3,(H,27,30)(H,28,29);1-2H3/b16-5+,25-14?;. The lowest BCUT2D eigenvalue weighted by molar-refractivity contribution is -0.115. The van der Waals surface area contributed by atoms with Gasteiger partial charge in [-0.05, 0) is 47.9 Å². The van der Waals surface area contributed by atoms with Crippen LogP contribution in [0.1, 0.15) is 43.1 Å². The van der Waals surface area contributed by atoms with Gasteiger partial charge in [0, 0.05) is 29.8 Å². The van der Waals surface area contributed by atoms with E-state index in [2.05, 4.69) is 20.9 Å². The minimum atomic E-state index is -0.241. The van der Waals surface area contributed by atoms with Crippen LogP contribution < -0.4 is 16.0 Å². The van der Waals surface area contributed by atoms with E-state index in [-0.39, 0.29) is 18.4 Å². The first-order valence-corrected chi connectivity index (χ1v) is 10.7. The number of aliphatic imine (C=N–C) groups is 1. The van der Waals surface area contributed by atoms with Crippen molar-refractivity contribution in [2.24, 2.45) is 4.99 Å². The molecule has 2 aromatic carbocycles. The Kier molecular flexibility index (Phi) is 9.67. The number of anilines is 3. The van der Waals surface area contributed by atoms with Gasteiger partial charge in [-0.15, -0.1) is 0 Å². The number of fused-ring (bicyclic) bond motifs is 1. The molecule has 3 N–H and O–H groups in total. The lowest BCUT2D eigenvalue weighted by Crippen LogP contribution is -2.16. The van der Waals surface area contributed by atoms with Crippen molar-refractivity contribution in [1.29, 1.82) is 5.26 Å². The molecule has 2 aromatic rings. The zero-order chi connectivity index (χ0) is 23.3. The van der Waals surface area contributed by atoms with E-state index in [0.717, 1.165) is 23.2 Å². The second kappa shape index (κ2) is 12.7. The third-order valence-corrected chi connectivity index (χ3v) is 4.53. The van der Waals surface area contributed by atoms with Crippen LogP contribution in [-0.2, 0) is 11.2 Å². The normalized spacial score (nSPS) is 12.3. The Bertz CT molecular complexity index is 1050. The highest BCUT2D eigenvalue weighted by atomic mass is 16.2. The Labute approximate surface area is 189 Å². The molecule has 0 radical (unpaired) electrons. The van der Waals surface area contributed by atoms with Crippen molar-refractivity contribution >= 4 is 35.1 Å². The Hall–Kier alpha value is -3.92. The van der Waals surface area contributed by atoms with Crippen molar-refractivity contribution in [2.75, 3.05) is 29.0 Å². The van der Waals surface area contributed by atoms with Gasteiger partial charge in [0.1, 0.15) is 6.54 Å². The molecule has 7 nitrogen and oxygen atoms in total. The Morgan fingerprint density at radius 2 is 2.03 bits per heavy atom. The molecular weight excluding hydrogens is 402 g/mol. The predicted molar refractivity (Wildman–Crippen MR) is 130 cm³/mol. The summed E-state index contributed by atoms with van der Waals surface area (Å²) in [5.74, 6) is -0.285. The SMILES string of the molecule is CC.CC/C=C(\C=NCC#N)CNc1ccccc1C(=O)Nc1ccc2c(c1)CC(=O)N2. The van der Waals surface area contributed by atoms with Crippen LogP contribution in [-0.4, -0.2) is 31.1 Å². The van der Waals surface area contributed by atoms with Gasteiger partial charge < -0.3 is 16.0 Å². The number of para-hydroxylation sites is 1. The summed E-state index contributed by atoms with van der Waals surface area (Å²) in [6, 6.07) is 14.6. The highest BCUT2D eigenvalue weighted by molar-refractivity contribution is 6.08. The van der Waals surface area contributed by atoms with Crippen molar-refractivity contribution in [3.63, 3.8) is 0 Å². The predicted octanol–water partition coefficient (Wildman–Crippen LogP) is 4.80. The Morgan fingerprint density at radius 1 is 1.25 bits per heavy atom. The first-order chi connectivity index (χ1) is 15.6. The van der Waals surface area contributed by atoms with E-state index in [9.17, 15) is 9.59 Å². The van der Waals surface area contributed by atoms with Crippen molar-refractivity contribution in [3.8, 4) is 6.07 Å². The van der Waals surface area contributed by atoms with Crippen molar-refractivity contribution in [2.45, 2.75) is 33.6 Å². The van der Waals surface area contributed by atoms with E-state index in [1.807, 2.05) is 57.2 Å². The smallest absolute Gasteiger partial charge is 0.257 e. The average molecular weight is 432 g/mol. The van der Waals surface area contributed by atoms with Crippen molar-refractivity contribution in [3.05, 3.63) is 65.2 Å². The van der Waals surface area contributed by atoms with E-state index >= 15 is 0 Å². The van der Waals surface area contributed by atoms with Crippen molar-refractivity contribution < 1.29 is 9.59 Å². The molecule has 0 atom stereocenters. The highest BCUT2D eigenvalue weighted by Crippen LogP contribution is 2.26. The molecule has 1 aliphatic heterocycles. The first-order valence-electron chi connectivity index (χ1n) is 10.7. The summed E-state index contributed by atoms with van der Waals surface area (Å²) in [6.45, 7) is 6.63. The molecule has 0 spiro atoms. The van der Waals surface area contributed by atoms with Crippen LogP contribution >= 0.6 is 0 Å². The number of amides is 2. The number of hydrogen-bond acceptors (Lipinski definition) is 5. The maximum absolute atomic E-state index is 12.9. The third-order valence-electron chi connectivity index (χ3n) is 4.53. The fraction of sp³-hybridized carbons (Fsp3) is 0.280.